The highest BCUT2D eigenvalue weighted by atomic mass is 32.2. The third kappa shape index (κ3) is 6.63. The summed E-state index contributed by atoms with van der Waals surface area (Å²) >= 11 is 0. The highest BCUT2D eigenvalue weighted by Crippen LogP contribution is 2.19. The number of nitrogens with zero attached hydrogens (tertiary/aromatic N) is 1. The van der Waals surface area contributed by atoms with Crippen LogP contribution in [-0.4, -0.2) is 44.3 Å². The first-order valence-corrected chi connectivity index (χ1v) is 11.9. The summed E-state index contributed by atoms with van der Waals surface area (Å²) in [6, 6.07) is 15.1. The predicted octanol–water partition coefficient (Wildman–Crippen LogP) is 3.53. The molecule has 0 aliphatic carbocycles. The Balaban J connectivity index is 2.03. The van der Waals surface area contributed by atoms with Gasteiger partial charge in [0.1, 0.15) is 0 Å². The lowest BCUT2D eigenvalue weighted by Gasteiger charge is -2.19. The number of sulfonamides is 1. The Morgan fingerprint density at radius 3 is 2.29 bits per heavy atom. The second kappa shape index (κ2) is 11.6. The van der Waals surface area contributed by atoms with Gasteiger partial charge in [-0.15, -0.1) is 0 Å². The molecule has 0 aliphatic heterocycles. The fourth-order valence-corrected chi connectivity index (χ4v) is 4.75. The van der Waals surface area contributed by atoms with E-state index in [1.165, 1.54) is 28.6 Å². The minimum absolute atomic E-state index is 0.0159. The molecular weight excluding hydrogens is 416 g/mol. The third-order valence-electron chi connectivity index (χ3n) is 4.86. The Bertz CT molecular complexity index is 972. The molecule has 1 unspecified atom stereocenters. The molecule has 0 bridgehead atoms. The van der Waals surface area contributed by atoms with Gasteiger partial charge in [-0.2, -0.15) is 4.31 Å². The van der Waals surface area contributed by atoms with E-state index in [0.29, 0.717) is 13.1 Å². The van der Waals surface area contributed by atoms with E-state index >= 15 is 0 Å². The molecule has 2 aromatic carbocycles. The molecule has 0 aliphatic rings. The summed E-state index contributed by atoms with van der Waals surface area (Å²) in [6.45, 7) is 5.74. The summed E-state index contributed by atoms with van der Waals surface area (Å²) in [7, 11) is -3.70. The van der Waals surface area contributed by atoms with Crippen molar-refractivity contribution < 1.29 is 22.7 Å². The molecule has 1 amide bonds. The zero-order valence-electron chi connectivity index (χ0n) is 18.2. The van der Waals surface area contributed by atoms with E-state index in [1.807, 2.05) is 37.3 Å². The second-order valence-corrected chi connectivity index (χ2v) is 8.95. The number of carbonyl (C=O) groups excluding carboxylic acids is 2. The molecule has 0 saturated carbocycles. The second-order valence-electron chi connectivity index (χ2n) is 7.01. The lowest BCUT2D eigenvalue weighted by atomic mass is 10.0. The molecule has 31 heavy (non-hydrogen) atoms. The first-order valence-electron chi connectivity index (χ1n) is 10.4. The smallest absolute Gasteiger partial charge is 0.338 e. The maximum atomic E-state index is 12.7. The summed E-state index contributed by atoms with van der Waals surface area (Å²) in [5.41, 5.74) is 1.06. The maximum absolute atomic E-state index is 12.7. The monoisotopic (exact) mass is 446 g/mol. The molecule has 0 radical (unpaired) electrons. The molecule has 0 fully saturated rings. The van der Waals surface area contributed by atoms with Gasteiger partial charge in [-0.3, -0.25) is 4.79 Å². The number of nitrogens with one attached hydrogen (secondary N) is 1. The van der Waals surface area contributed by atoms with Crippen molar-refractivity contribution in [3.05, 3.63) is 65.7 Å². The van der Waals surface area contributed by atoms with Crippen molar-refractivity contribution in [3.63, 3.8) is 0 Å². The molecular formula is C23H30N2O5S. The minimum Gasteiger partial charge on any atom is -0.452 e. The molecule has 1 atom stereocenters. The molecule has 0 aromatic heterocycles. The first-order chi connectivity index (χ1) is 14.8. The summed E-state index contributed by atoms with van der Waals surface area (Å²) in [5.74, 6) is -1.17. The van der Waals surface area contributed by atoms with Crippen molar-refractivity contribution in [1.29, 1.82) is 0 Å². The molecule has 2 rings (SSSR count). The predicted molar refractivity (Wildman–Crippen MR) is 119 cm³/mol. The van der Waals surface area contributed by atoms with E-state index < -0.39 is 28.5 Å². The lowest BCUT2D eigenvalue weighted by Crippen LogP contribution is -2.32. The van der Waals surface area contributed by atoms with Crippen LogP contribution in [0.1, 0.15) is 55.6 Å². The summed E-state index contributed by atoms with van der Waals surface area (Å²) in [5, 5.41) is 2.89. The van der Waals surface area contributed by atoms with E-state index in [1.54, 1.807) is 13.8 Å². The van der Waals surface area contributed by atoms with Crippen molar-refractivity contribution in [2.45, 2.75) is 44.6 Å². The highest BCUT2D eigenvalue weighted by Gasteiger charge is 2.23. The van der Waals surface area contributed by atoms with Gasteiger partial charge >= 0.3 is 5.97 Å². The van der Waals surface area contributed by atoms with Gasteiger partial charge in [0.15, 0.2) is 6.61 Å². The van der Waals surface area contributed by atoms with E-state index in [0.717, 1.165) is 18.4 Å². The number of hydrogen-bond donors (Lipinski definition) is 1. The average molecular weight is 447 g/mol. The SMILES string of the molecule is CCCC(NC(=O)COC(=O)c1cccc(S(=O)(=O)N(CC)CC)c1)c1ccccc1. The average Bonchev–Trinajstić information content (AvgIpc) is 2.78. The zero-order chi connectivity index (χ0) is 22.9. The van der Waals surface area contributed by atoms with E-state index in [9.17, 15) is 18.0 Å². The maximum Gasteiger partial charge on any atom is 0.338 e. The van der Waals surface area contributed by atoms with Crippen molar-refractivity contribution in [3.8, 4) is 0 Å². The number of carbonyl (C=O) groups is 2. The number of rotatable bonds is 11. The van der Waals surface area contributed by atoms with Crippen LogP contribution in [0.2, 0.25) is 0 Å². The van der Waals surface area contributed by atoms with Crippen LogP contribution in [0.15, 0.2) is 59.5 Å². The normalized spacial score (nSPS) is 12.4. The zero-order valence-corrected chi connectivity index (χ0v) is 19.0. The Kier molecular flexibility index (Phi) is 9.21. The number of esters is 1. The third-order valence-corrected chi connectivity index (χ3v) is 6.91. The molecule has 168 valence electrons. The van der Waals surface area contributed by atoms with E-state index in [-0.39, 0.29) is 16.5 Å². The van der Waals surface area contributed by atoms with Gasteiger partial charge < -0.3 is 10.1 Å². The van der Waals surface area contributed by atoms with Gasteiger partial charge in [0.25, 0.3) is 5.91 Å². The van der Waals surface area contributed by atoms with Gasteiger partial charge in [0.05, 0.1) is 16.5 Å². The van der Waals surface area contributed by atoms with Crippen LogP contribution < -0.4 is 5.32 Å². The Morgan fingerprint density at radius 2 is 1.68 bits per heavy atom. The van der Waals surface area contributed by atoms with Crippen LogP contribution in [0, 0.1) is 0 Å². The number of benzene rings is 2. The molecule has 7 nitrogen and oxygen atoms in total. The van der Waals surface area contributed by atoms with Crippen LogP contribution in [0.3, 0.4) is 0 Å². The molecule has 0 heterocycles. The number of hydrogen-bond acceptors (Lipinski definition) is 5. The lowest BCUT2D eigenvalue weighted by molar-refractivity contribution is -0.125. The quantitative estimate of drug-likeness (QED) is 0.533. The van der Waals surface area contributed by atoms with Gasteiger partial charge in [0.2, 0.25) is 10.0 Å². The van der Waals surface area contributed by atoms with Crippen molar-refractivity contribution in [2.75, 3.05) is 19.7 Å². The molecule has 2 aromatic rings. The van der Waals surface area contributed by atoms with Crippen LogP contribution in [0.25, 0.3) is 0 Å². The van der Waals surface area contributed by atoms with Gasteiger partial charge in [-0.1, -0.05) is 63.6 Å². The van der Waals surface area contributed by atoms with Crippen molar-refractivity contribution in [1.82, 2.24) is 9.62 Å². The Morgan fingerprint density at radius 1 is 1.00 bits per heavy atom. The minimum atomic E-state index is -3.70. The molecule has 0 spiro atoms. The fourth-order valence-electron chi connectivity index (χ4n) is 3.24. The molecule has 8 heteroatoms. The molecule has 0 saturated heterocycles. The van der Waals surface area contributed by atoms with Crippen molar-refractivity contribution in [2.24, 2.45) is 0 Å². The number of ether oxygens (including phenoxy) is 1. The van der Waals surface area contributed by atoms with Crippen molar-refractivity contribution >= 4 is 21.9 Å². The van der Waals surface area contributed by atoms with Crippen LogP contribution in [0.5, 0.6) is 0 Å². The van der Waals surface area contributed by atoms with Crippen LogP contribution >= 0.6 is 0 Å². The van der Waals surface area contributed by atoms with E-state index in [4.69, 9.17) is 4.74 Å². The van der Waals surface area contributed by atoms with Crippen LogP contribution in [-0.2, 0) is 19.6 Å². The van der Waals surface area contributed by atoms with E-state index in [2.05, 4.69) is 5.32 Å². The summed E-state index contributed by atoms with van der Waals surface area (Å²) < 4.78 is 31.8. The largest absolute Gasteiger partial charge is 0.452 e. The van der Waals surface area contributed by atoms with Gasteiger partial charge in [0, 0.05) is 13.1 Å². The summed E-state index contributed by atoms with van der Waals surface area (Å²) in [6.07, 6.45) is 1.64. The standard InChI is InChI=1S/C23H30N2O5S/c1-4-11-21(18-12-8-7-9-13-18)24-22(26)17-30-23(27)19-14-10-15-20(16-19)31(28,29)25(5-2)6-3/h7-10,12-16,21H,4-6,11,17H2,1-3H3,(H,24,26). The topological polar surface area (TPSA) is 92.8 Å². The first kappa shape index (κ1) is 24.6. The van der Waals surface area contributed by atoms with Gasteiger partial charge in [-0.05, 0) is 30.2 Å². The summed E-state index contributed by atoms with van der Waals surface area (Å²) in [4.78, 5) is 24.8. The van der Waals surface area contributed by atoms with Crippen LogP contribution in [0.4, 0.5) is 0 Å². The highest BCUT2D eigenvalue weighted by molar-refractivity contribution is 7.89. The fraction of sp³-hybridized carbons (Fsp3) is 0.391. The Hall–Kier alpha value is -2.71. The van der Waals surface area contributed by atoms with Gasteiger partial charge in [-0.25, -0.2) is 13.2 Å². The number of amides is 1. The Labute approximate surface area is 184 Å². The molecule has 1 N–H and O–H groups in total.